The van der Waals surface area contributed by atoms with Gasteiger partial charge in [-0.2, -0.15) is 5.10 Å². The maximum absolute atomic E-state index is 12.0. The number of nitro benzene ring substituents is 1. The van der Waals surface area contributed by atoms with Crippen LogP contribution in [-0.2, 0) is 0 Å². The number of nitrogens with zero attached hydrogens (tertiary/aromatic N) is 2. The molecule has 0 fully saturated rings. The molecular weight excluding hydrogens is 302 g/mol. The van der Waals surface area contributed by atoms with Crippen LogP contribution in [0.15, 0.2) is 41.5 Å². The monoisotopic (exact) mass is 315 g/mol. The van der Waals surface area contributed by atoms with Gasteiger partial charge < -0.3 is 10.2 Å². The number of carbonyl (C=O) groups is 1. The first-order valence-electron chi connectivity index (χ1n) is 6.49. The standard InChI is InChI=1S/C15H13N3O5/c1-9-6-10(19)7-14(20)12(9)8-16-17-15(21)11-4-2-3-5-13(11)18(22)23/h2-8,19-20H,1H3,(H,17,21)/b16-8+. The van der Waals surface area contributed by atoms with Crippen LogP contribution >= 0.6 is 0 Å². The van der Waals surface area contributed by atoms with Crippen molar-refractivity contribution in [2.24, 2.45) is 5.10 Å². The number of aryl methyl sites for hydroxylation is 1. The van der Waals surface area contributed by atoms with Crippen molar-refractivity contribution < 1.29 is 19.9 Å². The van der Waals surface area contributed by atoms with Crippen LogP contribution in [-0.4, -0.2) is 27.3 Å². The van der Waals surface area contributed by atoms with Crippen LogP contribution in [0.4, 0.5) is 5.69 Å². The molecule has 0 atom stereocenters. The summed E-state index contributed by atoms with van der Waals surface area (Å²) in [5.74, 6) is -1.04. The molecule has 118 valence electrons. The van der Waals surface area contributed by atoms with Crippen LogP contribution in [0, 0.1) is 17.0 Å². The van der Waals surface area contributed by atoms with Crippen molar-refractivity contribution in [2.75, 3.05) is 0 Å². The van der Waals surface area contributed by atoms with E-state index < -0.39 is 10.8 Å². The van der Waals surface area contributed by atoms with Crippen molar-refractivity contribution in [1.82, 2.24) is 5.43 Å². The van der Waals surface area contributed by atoms with Crippen molar-refractivity contribution in [1.29, 1.82) is 0 Å². The molecule has 23 heavy (non-hydrogen) atoms. The lowest BCUT2D eigenvalue weighted by molar-refractivity contribution is -0.385. The maximum Gasteiger partial charge on any atom is 0.282 e. The van der Waals surface area contributed by atoms with E-state index in [0.29, 0.717) is 11.1 Å². The first-order valence-corrected chi connectivity index (χ1v) is 6.49. The summed E-state index contributed by atoms with van der Waals surface area (Å²) < 4.78 is 0. The molecule has 2 aromatic carbocycles. The first kappa shape index (κ1) is 16.0. The molecule has 0 saturated carbocycles. The van der Waals surface area contributed by atoms with Crippen molar-refractivity contribution in [3.05, 3.63) is 63.2 Å². The average Bonchev–Trinajstić information content (AvgIpc) is 2.49. The zero-order valence-electron chi connectivity index (χ0n) is 12.1. The SMILES string of the molecule is Cc1cc(O)cc(O)c1/C=N/NC(=O)c1ccccc1[N+](=O)[O-]. The molecule has 0 heterocycles. The van der Waals surface area contributed by atoms with E-state index >= 15 is 0 Å². The molecule has 0 unspecified atom stereocenters. The van der Waals surface area contributed by atoms with Crippen LogP contribution < -0.4 is 5.43 Å². The van der Waals surface area contributed by atoms with Crippen LogP contribution in [0.25, 0.3) is 0 Å². The Kier molecular flexibility index (Phi) is 4.55. The topological polar surface area (TPSA) is 125 Å². The Morgan fingerprint density at radius 3 is 2.65 bits per heavy atom. The van der Waals surface area contributed by atoms with E-state index in [9.17, 15) is 25.1 Å². The minimum Gasteiger partial charge on any atom is -0.508 e. The van der Waals surface area contributed by atoms with Crippen molar-refractivity contribution in [2.45, 2.75) is 6.92 Å². The lowest BCUT2D eigenvalue weighted by Crippen LogP contribution is -2.19. The van der Waals surface area contributed by atoms with Gasteiger partial charge in [0.25, 0.3) is 11.6 Å². The maximum atomic E-state index is 12.0. The Bertz CT molecular complexity index is 778. The Hall–Kier alpha value is -3.42. The smallest absolute Gasteiger partial charge is 0.282 e. The fraction of sp³-hybridized carbons (Fsp3) is 0.0667. The van der Waals surface area contributed by atoms with Gasteiger partial charge in [-0.15, -0.1) is 0 Å². The summed E-state index contributed by atoms with van der Waals surface area (Å²) in [5, 5.41) is 33.6. The van der Waals surface area contributed by atoms with Gasteiger partial charge >= 0.3 is 0 Å². The third-order valence-corrected chi connectivity index (χ3v) is 3.05. The summed E-state index contributed by atoms with van der Waals surface area (Å²) >= 11 is 0. The van der Waals surface area contributed by atoms with Gasteiger partial charge in [0.15, 0.2) is 0 Å². The zero-order chi connectivity index (χ0) is 17.0. The Morgan fingerprint density at radius 2 is 2.00 bits per heavy atom. The molecule has 2 aromatic rings. The van der Waals surface area contributed by atoms with Gasteiger partial charge in [0.05, 0.1) is 11.1 Å². The number of hydrazone groups is 1. The number of rotatable bonds is 4. The highest BCUT2D eigenvalue weighted by Gasteiger charge is 2.18. The van der Waals surface area contributed by atoms with E-state index in [2.05, 4.69) is 10.5 Å². The summed E-state index contributed by atoms with van der Waals surface area (Å²) in [6, 6.07) is 8.04. The van der Waals surface area contributed by atoms with E-state index in [1.807, 2.05) is 0 Å². The number of hydrogen-bond donors (Lipinski definition) is 3. The van der Waals surface area contributed by atoms with E-state index in [4.69, 9.17) is 0 Å². The minimum atomic E-state index is -0.746. The van der Waals surface area contributed by atoms with Crippen LogP contribution in [0.1, 0.15) is 21.5 Å². The van der Waals surface area contributed by atoms with Gasteiger partial charge in [0, 0.05) is 17.7 Å². The van der Waals surface area contributed by atoms with Gasteiger partial charge in [-0.05, 0) is 24.6 Å². The number of phenolic OH excluding ortho intramolecular Hbond substituents is 2. The normalized spacial score (nSPS) is 10.7. The van der Waals surface area contributed by atoms with Crippen molar-refractivity contribution in [3.8, 4) is 11.5 Å². The molecule has 8 heteroatoms. The molecule has 0 aliphatic heterocycles. The second kappa shape index (κ2) is 6.56. The number of hydrogen-bond acceptors (Lipinski definition) is 6. The summed E-state index contributed by atoms with van der Waals surface area (Å²) in [4.78, 5) is 22.2. The van der Waals surface area contributed by atoms with Crippen molar-refractivity contribution >= 4 is 17.8 Å². The average molecular weight is 315 g/mol. The molecule has 0 spiro atoms. The molecular formula is C15H13N3O5. The number of para-hydroxylation sites is 1. The van der Waals surface area contributed by atoms with E-state index in [1.165, 1.54) is 36.5 Å². The van der Waals surface area contributed by atoms with Crippen molar-refractivity contribution in [3.63, 3.8) is 0 Å². The number of benzene rings is 2. The van der Waals surface area contributed by atoms with Crippen LogP contribution in [0.3, 0.4) is 0 Å². The zero-order valence-corrected chi connectivity index (χ0v) is 12.1. The molecule has 0 saturated heterocycles. The highest BCUT2D eigenvalue weighted by atomic mass is 16.6. The first-order chi connectivity index (χ1) is 10.9. The Balaban J connectivity index is 2.19. The molecule has 0 aliphatic carbocycles. The second-order valence-corrected chi connectivity index (χ2v) is 4.67. The molecule has 0 aliphatic rings. The third-order valence-electron chi connectivity index (χ3n) is 3.05. The predicted molar refractivity (Wildman–Crippen MR) is 82.7 cm³/mol. The van der Waals surface area contributed by atoms with E-state index in [1.54, 1.807) is 6.92 Å². The van der Waals surface area contributed by atoms with E-state index in [-0.39, 0.29) is 22.7 Å². The second-order valence-electron chi connectivity index (χ2n) is 4.67. The number of phenols is 2. The molecule has 1 amide bonds. The Labute approximate surface area is 130 Å². The lowest BCUT2D eigenvalue weighted by atomic mass is 10.1. The van der Waals surface area contributed by atoms with Gasteiger partial charge in [0.2, 0.25) is 0 Å². The summed E-state index contributed by atoms with van der Waals surface area (Å²) in [6.07, 6.45) is 1.19. The summed E-state index contributed by atoms with van der Waals surface area (Å²) in [5.41, 5.74) is 2.57. The summed E-state index contributed by atoms with van der Waals surface area (Å²) in [6.45, 7) is 1.64. The highest BCUT2D eigenvalue weighted by Crippen LogP contribution is 2.25. The van der Waals surface area contributed by atoms with Gasteiger partial charge in [-0.3, -0.25) is 14.9 Å². The summed E-state index contributed by atoms with van der Waals surface area (Å²) in [7, 11) is 0. The van der Waals surface area contributed by atoms with Gasteiger partial charge in [0.1, 0.15) is 17.1 Å². The van der Waals surface area contributed by atoms with Gasteiger partial charge in [-0.1, -0.05) is 12.1 Å². The molecule has 8 nitrogen and oxygen atoms in total. The quantitative estimate of drug-likeness (QED) is 0.452. The van der Waals surface area contributed by atoms with Gasteiger partial charge in [-0.25, -0.2) is 5.43 Å². The molecule has 2 rings (SSSR count). The lowest BCUT2D eigenvalue weighted by Gasteiger charge is -2.05. The van der Waals surface area contributed by atoms with Crippen LogP contribution in [0.5, 0.6) is 11.5 Å². The van der Waals surface area contributed by atoms with E-state index in [0.717, 1.165) is 6.07 Å². The minimum absolute atomic E-state index is 0.0962. The Morgan fingerprint density at radius 1 is 1.30 bits per heavy atom. The number of carbonyl (C=O) groups excluding carboxylic acids is 1. The fourth-order valence-corrected chi connectivity index (χ4v) is 1.97. The number of amides is 1. The number of aromatic hydroxyl groups is 2. The largest absolute Gasteiger partial charge is 0.508 e. The molecule has 0 radical (unpaired) electrons. The number of nitro groups is 1. The fourth-order valence-electron chi connectivity index (χ4n) is 1.97. The molecule has 3 N–H and O–H groups in total. The highest BCUT2D eigenvalue weighted by molar-refractivity contribution is 5.98. The molecule has 0 aromatic heterocycles. The predicted octanol–water partition coefficient (Wildman–Crippen LogP) is 2.08. The number of nitrogens with one attached hydrogen (secondary N) is 1. The third kappa shape index (κ3) is 3.62. The van der Waals surface area contributed by atoms with Crippen LogP contribution in [0.2, 0.25) is 0 Å². The molecule has 0 bridgehead atoms.